The van der Waals surface area contributed by atoms with Crippen molar-refractivity contribution in [2.75, 3.05) is 30.9 Å². The Balaban J connectivity index is 2.18. The molecule has 0 amide bonds. The van der Waals surface area contributed by atoms with Crippen LogP contribution in [-0.4, -0.2) is 30.7 Å². The van der Waals surface area contributed by atoms with Crippen molar-refractivity contribution < 1.29 is 4.74 Å². The van der Waals surface area contributed by atoms with E-state index >= 15 is 0 Å². The molecule has 2 aromatic rings. The summed E-state index contributed by atoms with van der Waals surface area (Å²) in [6.07, 6.45) is 1.62. The van der Waals surface area contributed by atoms with Crippen molar-refractivity contribution in [2.45, 2.75) is 13.5 Å². The standard InChI is InChI=1S/C15H19ClN4O/c1-4-17-15-18-9-13(16)14(19-15)20(2)10-11-6-5-7-12(8-11)21-3/h5-9H,4,10H2,1-3H3,(H,17,18,19). The molecule has 6 heteroatoms. The molecule has 0 spiro atoms. The summed E-state index contributed by atoms with van der Waals surface area (Å²) in [5, 5.41) is 3.61. The first-order valence-electron chi connectivity index (χ1n) is 6.74. The van der Waals surface area contributed by atoms with Crippen LogP contribution in [0, 0.1) is 0 Å². The number of methoxy groups -OCH3 is 1. The SMILES string of the molecule is CCNc1ncc(Cl)c(N(C)Cc2cccc(OC)c2)n1. The lowest BCUT2D eigenvalue weighted by Gasteiger charge is -2.20. The second-order valence-electron chi connectivity index (χ2n) is 4.60. The summed E-state index contributed by atoms with van der Waals surface area (Å²) in [5.41, 5.74) is 1.12. The van der Waals surface area contributed by atoms with Gasteiger partial charge in [-0.2, -0.15) is 4.98 Å². The highest BCUT2D eigenvalue weighted by Crippen LogP contribution is 2.24. The Kier molecular flexibility index (Phi) is 5.22. The fourth-order valence-electron chi connectivity index (χ4n) is 1.99. The Morgan fingerprint density at radius 1 is 1.38 bits per heavy atom. The number of hydrogen-bond donors (Lipinski definition) is 1. The van der Waals surface area contributed by atoms with E-state index in [9.17, 15) is 0 Å². The highest BCUT2D eigenvalue weighted by Gasteiger charge is 2.11. The van der Waals surface area contributed by atoms with Gasteiger partial charge >= 0.3 is 0 Å². The van der Waals surface area contributed by atoms with Crippen molar-refractivity contribution in [3.05, 3.63) is 41.0 Å². The van der Waals surface area contributed by atoms with Crippen molar-refractivity contribution >= 4 is 23.4 Å². The van der Waals surface area contributed by atoms with Crippen LogP contribution in [0.2, 0.25) is 5.02 Å². The van der Waals surface area contributed by atoms with Gasteiger partial charge in [0.25, 0.3) is 0 Å². The van der Waals surface area contributed by atoms with Gasteiger partial charge in [0.05, 0.1) is 13.3 Å². The number of nitrogens with one attached hydrogen (secondary N) is 1. The maximum absolute atomic E-state index is 6.20. The summed E-state index contributed by atoms with van der Waals surface area (Å²) >= 11 is 6.20. The molecule has 0 atom stereocenters. The van der Waals surface area contributed by atoms with Gasteiger partial charge in [0.1, 0.15) is 10.8 Å². The predicted molar refractivity (Wildman–Crippen MR) is 86.3 cm³/mol. The van der Waals surface area contributed by atoms with Gasteiger partial charge in [-0.05, 0) is 24.6 Å². The van der Waals surface area contributed by atoms with Crippen molar-refractivity contribution in [1.29, 1.82) is 0 Å². The van der Waals surface area contributed by atoms with Gasteiger partial charge < -0.3 is 15.0 Å². The molecule has 1 N–H and O–H groups in total. The molecule has 0 aliphatic heterocycles. The highest BCUT2D eigenvalue weighted by atomic mass is 35.5. The Bertz CT molecular complexity index is 606. The number of benzene rings is 1. The van der Waals surface area contributed by atoms with Crippen LogP contribution in [0.25, 0.3) is 0 Å². The van der Waals surface area contributed by atoms with Crippen LogP contribution in [0.4, 0.5) is 11.8 Å². The quantitative estimate of drug-likeness (QED) is 0.888. The number of halogens is 1. The van der Waals surface area contributed by atoms with Gasteiger partial charge in [-0.15, -0.1) is 0 Å². The van der Waals surface area contributed by atoms with Crippen LogP contribution in [0.3, 0.4) is 0 Å². The minimum absolute atomic E-state index is 0.530. The van der Waals surface area contributed by atoms with Crippen LogP contribution in [0.15, 0.2) is 30.5 Å². The molecule has 1 aromatic heterocycles. The molecule has 0 fully saturated rings. The number of aromatic nitrogens is 2. The number of rotatable bonds is 6. The van der Waals surface area contributed by atoms with E-state index < -0.39 is 0 Å². The molecule has 0 saturated carbocycles. The lowest BCUT2D eigenvalue weighted by molar-refractivity contribution is 0.414. The highest BCUT2D eigenvalue weighted by molar-refractivity contribution is 6.32. The Labute approximate surface area is 129 Å². The number of hydrogen-bond acceptors (Lipinski definition) is 5. The van der Waals surface area contributed by atoms with Crippen LogP contribution in [0.1, 0.15) is 12.5 Å². The topological polar surface area (TPSA) is 50.3 Å². The van der Waals surface area contributed by atoms with Gasteiger partial charge in [-0.3, -0.25) is 0 Å². The van der Waals surface area contributed by atoms with Gasteiger partial charge in [0.2, 0.25) is 5.95 Å². The Morgan fingerprint density at radius 3 is 2.90 bits per heavy atom. The smallest absolute Gasteiger partial charge is 0.224 e. The summed E-state index contributed by atoms with van der Waals surface area (Å²) in [6, 6.07) is 7.92. The van der Waals surface area contributed by atoms with Gasteiger partial charge in [0.15, 0.2) is 5.82 Å². The molecule has 0 unspecified atom stereocenters. The minimum Gasteiger partial charge on any atom is -0.497 e. The summed E-state index contributed by atoms with van der Waals surface area (Å²) in [4.78, 5) is 10.6. The number of nitrogens with zero attached hydrogens (tertiary/aromatic N) is 3. The Hall–Kier alpha value is -2.01. The van der Waals surface area contributed by atoms with Crippen LogP contribution >= 0.6 is 11.6 Å². The second kappa shape index (κ2) is 7.13. The third-order valence-electron chi connectivity index (χ3n) is 2.98. The molecule has 0 bridgehead atoms. The Morgan fingerprint density at radius 2 is 2.19 bits per heavy atom. The van der Waals surface area contributed by atoms with Crippen molar-refractivity contribution in [3.8, 4) is 5.75 Å². The molecule has 5 nitrogen and oxygen atoms in total. The normalized spacial score (nSPS) is 10.3. The van der Waals surface area contributed by atoms with Gasteiger partial charge in [-0.1, -0.05) is 23.7 Å². The van der Waals surface area contributed by atoms with E-state index in [0.29, 0.717) is 23.3 Å². The van der Waals surface area contributed by atoms with E-state index in [1.807, 2.05) is 43.1 Å². The lowest BCUT2D eigenvalue weighted by atomic mass is 10.2. The molecular weight excluding hydrogens is 288 g/mol. The molecule has 1 aromatic carbocycles. The molecule has 2 rings (SSSR count). The van der Waals surface area contributed by atoms with Gasteiger partial charge in [0, 0.05) is 20.1 Å². The maximum atomic E-state index is 6.20. The van der Waals surface area contributed by atoms with Crippen LogP contribution < -0.4 is 15.0 Å². The largest absolute Gasteiger partial charge is 0.497 e. The average molecular weight is 307 g/mol. The van der Waals surface area contributed by atoms with Crippen LogP contribution in [0.5, 0.6) is 5.75 Å². The lowest BCUT2D eigenvalue weighted by Crippen LogP contribution is -2.19. The summed E-state index contributed by atoms with van der Waals surface area (Å²) in [7, 11) is 3.61. The molecule has 21 heavy (non-hydrogen) atoms. The van der Waals surface area contributed by atoms with Crippen molar-refractivity contribution in [2.24, 2.45) is 0 Å². The zero-order valence-corrected chi connectivity index (χ0v) is 13.2. The van der Waals surface area contributed by atoms with E-state index in [0.717, 1.165) is 17.9 Å². The van der Waals surface area contributed by atoms with E-state index in [1.54, 1.807) is 13.3 Å². The van der Waals surface area contributed by atoms with Crippen molar-refractivity contribution in [3.63, 3.8) is 0 Å². The first-order chi connectivity index (χ1) is 10.1. The number of anilines is 2. The number of ether oxygens (including phenoxy) is 1. The van der Waals surface area contributed by atoms with Gasteiger partial charge in [-0.25, -0.2) is 4.98 Å². The fourth-order valence-corrected chi connectivity index (χ4v) is 2.22. The first-order valence-corrected chi connectivity index (χ1v) is 7.12. The average Bonchev–Trinajstić information content (AvgIpc) is 2.49. The molecule has 0 radical (unpaired) electrons. The molecule has 1 heterocycles. The fraction of sp³-hybridized carbons (Fsp3) is 0.333. The van der Waals surface area contributed by atoms with E-state index in [-0.39, 0.29) is 0 Å². The maximum Gasteiger partial charge on any atom is 0.224 e. The summed E-state index contributed by atoms with van der Waals surface area (Å²) in [6.45, 7) is 3.44. The predicted octanol–water partition coefficient (Wildman–Crippen LogP) is 3.21. The second-order valence-corrected chi connectivity index (χ2v) is 5.01. The molecule has 112 valence electrons. The zero-order chi connectivity index (χ0) is 15.2. The van der Waals surface area contributed by atoms with Crippen molar-refractivity contribution in [1.82, 2.24) is 9.97 Å². The molecule has 0 aliphatic rings. The van der Waals surface area contributed by atoms with E-state index in [4.69, 9.17) is 16.3 Å². The monoisotopic (exact) mass is 306 g/mol. The first kappa shape index (κ1) is 15.4. The molecule has 0 saturated heterocycles. The minimum atomic E-state index is 0.530. The summed E-state index contributed by atoms with van der Waals surface area (Å²) < 4.78 is 5.24. The molecular formula is C15H19ClN4O. The van der Waals surface area contributed by atoms with E-state index in [2.05, 4.69) is 15.3 Å². The third-order valence-corrected chi connectivity index (χ3v) is 3.24. The summed E-state index contributed by atoms with van der Waals surface area (Å²) in [5.74, 6) is 2.11. The third kappa shape index (κ3) is 3.98. The van der Waals surface area contributed by atoms with E-state index in [1.165, 1.54) is 0 Å². The van der Waals surface area contributed by atoms with Crippen LogP contribution in [-0.2, 0) is 6.54 Å². The molecule has 0 aliphatic carbocycles. The zero-order valence-electron chi connectivity index (χ0n) is 12.4.